The molecule has 0 aliphatic carbocycles. The summed E-state index contributed by atoms with van der Waals surface area (Å²) in [6.45, 7) is 2.11. The predicted molar refractivity (Wildman–Crippen MR) is 46.3 cm³/mol. The van der Waals surface area contributed by atoms with Crippen LogP contribution in [0.3, 0.4) is 0 Å². The zero-order valence-electron chi connectivity index (χ0n) is 6.17. The minimum atomic E-state index is 1.05. The Kier molecular flexibility index (Phi) is 2.87. The van der Waals surface area contributed by atoms with Crippen LogP contribution >= 0.6 is 0 Å². The molecule has 0 saturated heterocycles. The Balaban J connectivity index is 2.43. The lowest BCUT2D eigenvalue weighted by atomic mass is 9.90. The summed E-state index contributed by atoms with van der Waals surface area (Å²) in [7, 11) is 2.04. The minimum Gasteiger partial charge on any atom is -0.432 e. The minimum absolute atomic E-state index is 1.05. The van der Waals surface area contributed by atoms with Crippen LogP contribution in [0.1, 0.15) is 6.92 Å². The van der Waals surface area contributed by atoms with Crippen LogP contribution in [-0.2, 0) is 0 Å². The smallest absolute Gasteiger partial charge is 0.242 e. The van der Waals surface area contributed by atoms with Crippen LogP contribution < -0.4 is 5.23 Å². The van der Waals surface area contributed by atoms with E-state index in [1.54, 1.807) is 0 Å². The molecule has 0 aliphatic rings. The van der Waals surface area contributed by atoms with Crippen LogP contribution in [0.25, 0.3) is 0 Å². The van der Waals surface area contributed by atoms with E-state index in [2.05, 4.69) is 12.2 Å². The van der Waals surface area contributed by atoms with Crippen LogP contribution in [-0.4, -0.2) is 7.41 Å². The summed E-state index contributed by atoms with van der Waals surface area (Å²) in [5.41, 5.74) is 1.16. The van der Waals surface area contributed by atoms with Crippen LogP contribution in [0.2, 0.25) is 6.32 Å². The maximum Gasteiger partial charge on any atom is 0.242 e. The maximum atomic E-state index is 3.17. The molecule has 0 fully saturated rings. The van der Waals surface area contributed by atoms with Gasteiger partial charge in [0.1, 0.15) is 0 Å². The second kappa shape index (κ2) is 3.99. The van der Waals surface area contributed by atoms with Gasteiger partial charge in [-0.3, -0.25) is 0 Å². The first-order valence-electron chi connectivity index (χ1n) is 3.56. The largest absolute Gasteiger partial charge is 0.432 e. The van der Waals surface area contributed by atoms with Crippen molar-refractivity contribution in [3.05, 3.63) is 30.3 Å². The fourth-order valence-electron chi connectivity index (χ4n) is 0.754. The number of para-hydroxylation sites is 1. The molecule has 0 aliphatic heterocycles. The zero-order chi connectivity index (χ0) is 7.23. The molecule has 1 rings (SSSR count). The highest BCUT2D eigenvalue weighted by Crippen LogP contribution is 2.03. The van der Waals surface area contributed by atoms with Crippen LogP contribution in [0.4, 0.5) is 5.69 Å². The van der Waals surface area contributed by atoms with Crippen molar-refractivity contribution in [1.29, 1.82) is 0 Å². The molecule has 0 aromatic heterocycles. The van der Waals surface area contributed by atoms with Gasteiger partial charge in [-0.05, 0) is 12.1 Å². The third-order valence-corrected chi connectivity index (χ3v) is 1.25. The first kappa shape index (κ1) is 7.20. The van der Waals surface area contributed by atoms with Gasteiger partial charge in [0.2, 0.25) is 7.41 Å². The molecule has 0 heterocycles. The fourth-order valence-corrected chi connectivity index (χ4v) is 0.754. The molecular weight excluding hydrogens is 121 g/mol. The van der Waals surface area contributed by atoms with Gasteiger partial charge < -0.3 is 5.23 Å². The summed E-state index contributed by atoms with van der Waals surface area (Å²) in [6.07, 6.45) is 1.05. The highest BCUT2D eigenvalue weighted by Gasteiger charge is 1.86. The second-order valence-corrected chi connectivity index (χ2v) is 2.12. The van der Waals surface area contributed by atoms with Crippen molar-refractivity contribution in [3.8, 4) is 0 Å². The van der Waals surface area contributed by atoms with Gasteiger partial charge in [-0.2, -0.15) is 0 Å². The van der Waals surface area contributed by atoms with Gasteiger partial charge in [0, 0.05) is 5.69 Å². The Morgan fingerprint density at radius 1 is 1.30 bits per heavy atom. The Bertz CT molecular complexity index is 174. The van der Waals surface area contributed by atoms with E-state index in [1.165, 1.54) is 0 Å². The summed E-state index contributed by atoms with van der Waals surface area (Å²) in [6, 6.07) is 10.1. The average Bonchev–Trinajstić information content (AvgIpc) is 2.03. The SMILES string of the molecule is CC[B]Nc1ccccc1. The Morgan fingerprint density at radius 2 is 2.00 bits per heavy atom. The van der Waals surface area contributed by atoms with E-state index in [4.69, 9.17) is 0 Å². The van der Waals surface area contributed by atoms with Gasteiger partial charge >= 0.3 is 0 Å². The third kappa shape index (κ3) is 2.13. The molecule has 1 nitrogen and oxygen atoms in total. The lowest BCUT2D eigenvalue weighted by Gasteiger charge is -2.00. The molecule has 0 spiro atoms. The first-order valence-corrected chi connectivity index (χ1v) is 3.56. The lowest BCUT2D eigenvalue weighted by molar-refractivity contribution is 1.44. The lowest BCUT2D eigenvalue weighted by Crippen LogP contribution is -2.02. The molecule has 10 heavy (non-hydrogen) atoms. The zero-order valence-corrected chi connectivity index (χ0v) is 6.17. The number of benzene rings is 1. The Hall–Kier alpha value is -0.915. The molecule has 1 radical (unpaired) electrons. The maximum absolute atomic E-state index is 3.17. The monoisotopic (exact) mass is 132 g/mol. The van der Waals surface area contributed by atoms with Crippen LogP contribution in [0, 0.1) is 0 Å². The summed E-state index contributed by atoms with van der Waals surface area (Å²) < 4.78 is 0. The van der Waals surface area contributed by atoms with E-state index < -0.39 is 0 Å². The molecule has 51 valence electrons. The predicted octanol–water partition coefficient (Wildman–Crippen LogP) is 2.16. The molecule has 0 unspecified atom stereocenters. The van der Waals surface area contributed by atoms with Crippen molar-refractivity contribution in [3.63, 3.8) is 0 Å². The van der Waals surface area contributed by atoms with Gasteiger partial charge in [-0.15, -0.1) is 0 Å². The number of rotatable bonds is 3. The summed E-state index contributed by atoms with van der Waals surface area (Å²) in [5.74, 6) is 0. The summed E-state index contributed by atoms with van der Waals surface area (Å²) in [4.78, 5) is 0. The average molecular weight is 132 g/mol. The highest BCUT2D eigenvalue weighted by molar-refractivity contribution is 6.40. The molecule has 0 atom stereocenters. The number of hydrogen-bond donors (Lipinski definition) is 1. The molecular formula is C8H11BN. The van der Waals surface area contributed by atoms with Crippen molar-refractivity contribution in [2.75, 3.05) is 5.23 Å². The molecule has 1 aromatic carbocycles. The molecule has 0 bridgehead atoms. The Morgan fingerprint density at radius 3 is 2.60 bits per heavy atom. The van der Waals surface area contributed by atoms with Gasteiger partial charge in [0.25, 0.3) is 0 Å². The van der Waals surface area contributed by atoms with Gasteiger partial charge in [-0.25, -0.2) is 0 Å². The van der Waals surface area contributed by atoms with E-state index in [0.717, 1.165) is 12.0 Å². The van der Waals surface area contributed by atoms with Crippen molar-refractivity contribution < 1.29 is 0 Å². The van der Waals surface area contributed by atoms with Crippen molar-refractivity contribution in [2.45, 2.75) is 13.2 Å². The van der Waals surface area contributed by atoms with Gasteiger partial charge in [0.05, 0.1) is 0 Å². The number of anilines is 1. The van der Waals surface area contributed by atoms with Crippen LogP contribution in [0.5, 0.6) is 0 Å². The first-order chi connectivity index (χ1) is 4.93. The van der Waals surface area contributed by atoms with Gasteiger partial charge in [0.15, 0.2) is 0 Å². The molecule has 2 heteroatoms. The fraction of sp³-hybridized carbons (Fsp3) is 0.250. The van der Waals surface area contributed by atoms with Crippen molar-refractivity contribution in [2.24, 2.45) is 0 Å². The summed E-state index contributed by atoms with van der Waals surface area (Å²) >= 11 is 0. The standard InChI is InChI=1S/C8H11BN/c1-2-9-10-8-6-4-3-5-7-8/h3-7,10H,2H2,1H3. The molecule has 1 N–H and O–H groups in total. The van der Waals surface area contributed by atoms with Gasteiger partial charge in [-0.1, -0.05) is 31.4 Å². The van der Waals surface area contributed by atoms with E-state index in [1.807, 2.05) is 37.7 Å². The van der Waals surface area contributed by atoms with E-state index in [-0.39, 0.29) is 0 Å². The van der Waals surface area contributed by atoms with E-state index in [0.29, 0.717) is 0 Å². The number of nitrogens with one attached hydrogen (secondary N) is 1. The topological polar surface area (TPSA) is 12.0 Å². The highest BCUT2D eigenvalue weighted by atomic mass is 14.7. The quantitative estimate of drug-likeness (QED) is 0.621. The van der Waals surface area contributed by atoms with Crippen molar-refractivity contribution >= 4 is 13.1 Å². The summed E-state index contributed by atoms with van der Waals surface area (Å²) in [5, 5.41) is 3.17. The van der Waals surface area contributed by atoms with Crippen molar-refractivity contribution in [1.82, 2.24) is 0 Å². The Labute approximate surface area is 62.7 Å². The van der Waals surface area contributed by atoms with Crippen LogP contribution in [0.15, 0.2) is 30.3 Å². The van der Waals surface area contributed by atoms with E-state index >= 15 is 0 Å². The van der Waals surface area contributed by atoms with E-state index in [9.17, 15) is 0 Å². The normalized spacial score (nSPS) is 8.90. The second-order valence-electron chi connectivity index (χ2n) is 2.12. The molecule has 1 aromatic rings. The third-order valence-electron chi connectivity index (χ3n) is 1.25. The molecule has 0 saturated carbocycles. The number of hydrogen-bond acceptors (Lipinski definition) is 1. The molecule has 0 amide bonds.